The van der Waals surface area contributed by atoms with E-state index in [0.29, 0.717) is 28.6 Å². The summed E-state index contributed by atoms with van der Waals surface area (Å²) in [5.74, 6) is 0.845. The van der Waals surface area contributed by atoms with Crippen LogP contribution < -0.4 is 16.0 Å². The standard InChI is InChI=1S/C28H33N7O3/c1-16-14-34(15-17(2)38-16)18(3)19-5-4-6-23(10-19)30-24-12-25(31-22-7-8-22)35-27(32-24)21(13-29-35)9-20-11-26(36)33-28(20)37/h4-6,9-10,12-13,16-18,22,31H,7-8,11,14-15H2,1-3H3,(H,30,32)(H,33,36,37)/b20-9+. The number of nitrogens with one attached hydrogen (secondary N) is 3. The van der Waals surface area contributed by atoms with Gasteiger partial charge in [0, 0.05) is 48.1 Å². The number of hydrogen-bond acceptors (Lipinski definition) is 8. The summed E-state index contributed by atoms with van der Waals surface area (Å²) in [6.45, 7) is 8.29. The SMILES string of the molecule is CC1CN(C(C)c2cccc(Nc3cc(NC4CC4)n4ncc(/C=C5\CC(=O)NC5=O)c4n3)c2)CC(C)O1. The van der Waals surface area contributed by atoms with Crippen LogP contribution in [0.4, 0.5) is 17.3 Å². The molecule has 10 heteroatoms. The third-order valence-electron chi connectivity index (χ3n) is 7.29. The van der Waals surface area contributed by atoms with Gasteiger partial charge >= 0.3 is 0 Å². The van der Waals surface area contributed by atoms with E-state index in [1.165, 1.54) is 5.56 Å². The fourth-order valence-corrected chi connectivity index (χ4v) is 5.26. The molecule has 2 aliphatic heterocycles. The zero-order chi connectivity index (χ0) is 26.4. The molecule has 6 rings (SSSR count). The Hall–Kier alpha value is -3.76. The lowest BCUT2D eigenvalue weighted by Gasteiger charge is -2.39. The summed E-state index contributed by atoms with van der Waals surface area (Å²) >= 11 is 0. The number of amides is 2. The summed E-state index contributed by atoms with van der Waals surface area (Å²) in [4.78, 5) is 31.1. The number of imide groups is 1. The van der Waals surface area contributed by atoms with Gasteiger partial charge < -0.3 is 15.4 Å². The minimum atomic E-state index is -0.366. The molecule has 2 saturated heterocycles. The van der Waals surface area contributed by atoms with E-state index in [9.17, 15) is 9.59 Å². The first-order valence-electron chi connectivity index (χ1n) is 13.3. The molecule has 1 aromatic carbocycles. The Kier molecular flexibility index (Phi) is 6.37. The van der Waals surface area contributed by atoms with Crippen molar-refractivity contribution in [1.29, 1.82) is 0 Å². The zero-order valence-corrected chi connectivity index (χ0v) is 21.9. The maximum absolute atomic E-state index is 12.1. The topological polar surface area (TPSA) is 113 Å². The highest BCUT2D eigenvalue weighted by Crippen LogP contribution is 2.30. The molecule has 0 bridgehead atoms. The van der Waals surface area contributed by atoms with Gasteiger partial charge in [-0.2, -0.15) is 9.61 Å². The van der Waals surface area contributed by atoms with Gasteiger partial charge in [0.25, 0.3) is 5.91 Å². The Morgan fingerprint density at radius 1 is 1.16 bits per heavy atom. The number of fused-ring (bicyclic) bond motifs is 1. The van der Waals surface area contributed by atoms with Crippen LogP contribution in [-0.2, 0) is 14.3 Å². The second-order valence-corrected chi connectivity index (χ2v) is 10.6. The zero-order valence-electron chi connectivity index (χ0n) is 21.9. The predicted molar refractivity (Wildman–Crippen MR) is 145 cm³/mol. The molecule has 0 spiro atoms. The molecular weight excluding hydrogens is 482 g/mol. The summed E-state index contributed by atoms with van der Waals surface area (Å²) < 4.78 is 7.67. The molecule has 3 unspecified atom stereocenters. The van der Waals surface area contributed by atoms with Gasteiger partial charge in [-0.3, -0.25) is 19.8 Å². The minimum Gasteiger partial charge on any atom is -0.373 e. The van der Waals surface area contributed by atoms with E-state index in [1.54, 1.807) is 16.8 Å². The number of carbonyl (C=O) groups excluding carboxylic acids is 2. The van der Waals surface area contributed by atoms with Crippen molar-refractivity contribution in [3.63, 3.8) is 0 Å². The maximum atomic E-state index is 12.1. The number of rotatable bonds is 7. The average molecular weight is 516 g/mol. The molecule has 3 aliphatic rings. The van der Waals surface area contributed by atoms with Crippen molar-refractivity contribution in [2.45, 2.75) is 64.3 Å². The number of ether oxygens (including phenoxy) is 1. The van der Waals surface area contributed by atoms with Crippen LogP contribution in [0.1, 0.15) is 57.2 Å². The summed E-state index contributed by atoms with van der Waals surface area (Å²) in [7, 11) is 0. The Morgan fingerprint density at radius 3 is 2.66 bits per heavy atom. The fourth-order valence-electron chi connectivity index (χ4n) is 5.26. The van der Waals surface area contributed by atoms with E-state index < -0.39 is 0 Å². The molecule has 198 valence electrons. The van der Waals surface area contributed by atoms with E-state index in [2.05, 4.69) is 64.9 Å². The molecule has 2 aromatic heterocycles. The number of benzene rings is 1. The molecule has 10 nitrogen and oxygen atoms in total. The van der Waals surface area contributed by atoms with E-state index in [0.717, 1.165) is 37.4 Å². The van der Waals surface area contributed by atoms with Gasteiger partial charge in [0.1, 0.15) is 11.6 Å². The van der Waals surface area contributed by atoms with Crippen molar-refractivity contribution in [3.8, 4) is 0 Å². The van der Waals surface area contributed by atoms with Gasteiger partial charge in [0.15, 0.2) is 5.65 Å². The lowest BCUT2D eigenvalue weighted by molar-refractivity contribution is -0.124. The molecule has 2 amide bonds. The van der Waals surface area contributed by atoms with Crippen LogP contribution in [0.2, 0.25) is 0 Å². The molecule has 38 heavy (non-hydrogen) atoms. The quantitative estimate of drug-likeness (QED) is 0.323. The van der Waals surface area contributed by atoms with Crippen LogP contribution in [0, 0.1) is 0 Å². The first kappa shape index (κ1) is 24.6. The van der Waals surface area contributed by atoms with Crippen molar-refractivity contribution in [2.75, 3.05) is 23.7 Å². The fraction of sp³-hybridized carbons (Fsp3) is 0.429. The maximum Gasteiger partial charge on any atom is 0.254 e. The van der Waals surface area contributed by atoms with E-state index in [-0.39, 0.29) is 36.5 Å². The first-order valence-corrected chi connectivity index (χ1v) is 13.3. The predicted octanol–water partition coefficient (Wildman–Crippen LogP) is 3.65. The van der Waals surface area contributed by atoms with Crippen molar-refractivity contribution in [3.05, 3.63) is 53.2 Å². The Morgan fingerprint density at radius 2 is 1.95 bits per heavy atom. The van der Waals surface area contributed by atoms with Crippen LogP contribution >= 0.6 is 0 Å². The highest BCUT2D eigenvalue weighted by atomic mass is 16.5. The largest absolute Gasteiger partial charge is 0.373 e. The van der Waals surface area contributed by atoms with Gasteiger partial charge in [-0.15, -0.1) is 0 Å². The Bertz CT molecular complexity index is 1420. The molecule has 4 heterocycles. The monoisotopic (exact) mass is 515 g/mol. The van der Waals surface area contributed by atoms with Crippen LogP contribution in [0.15, 0.2) is 42.1 Å². The van der Waals surface area contributed by atoms with Gasteiger partial charge in [-0.1, -0.05) is 12.1 Å². The molecule has 1 aliphatic carbocycles. The molecule has 1 saturated carbocycles. The van der Waals surface area contributed by atoms with Crippen molar-refractivity contribution >= 4 is 40.9 Å². The van der Waals surface area contributed by atoms with Gasteiger partial charge in [-0.05, 0) is 57.4 Å². The number of anilines is 3. The summed E-state index contributed by atoms with van der Waals surface area (Å²) in [6, 6.07) is 11.1. The van der Waals surface area contributed by atoms with Gasteiger partial charge in [-0.25, -0.2) is 4.98 Å². The van der Waals surface area contributed by atoms with Gasteiger partial charge in [0.2, 0.25) is 5.91 Å². The number of aromatic nitrogens is 3. The molecule has 0 radical (unpaired) electrons. The highest BCUT2D eigenvalue weighted by Gasteiger charge is 2.27. The van der Waals surface area contributed by atoms with Crippen LogP contribution in [0.3, 0.4) is 0 Å². The molecule has 3 fully saturated rings. The highest BCUT2D eigenvalue weighted by molar-refractivity contribution is 6.15. The van der Waals surface area contributed by atoms with E-state index >= 15 is 0 Å². The van der Waals surface area contributed by atoms with Crippen molar-refractivity contribution < 1.29 is 14.3 Å². The second-order valence-electron chi connectivity index (χ2n) is 10.6. The van der Waals surface area contributed by atoms with Crippen LogP contribution in [0.25, 0.3) is 11.7 Å². The molecular formula is C28H33N7O3. The van der Waals surface area contributed by atoms with Gasteiger partial charge in [0.05, 0.1) is 24.8 Å². The Balaban J connectivity index is 1.30. The van der Waals surface area contributed by atoms with Crippen LogP contribution in [0.5, 0.6) is 0 Å². The number of carbonyl (C=O) groups is 2. The average Bonchev–Trinajstić information content (AvgIpc) is 3.51. The second kappa shape index (κ2) is 9.85. The van der Waals surface area contributed by atoms with E-state index in [4.69, 9.17) is 9.72 Å². The molecule has 3 atom stereocenters. The number of nitrogens with zero attached hydrogens (tertiary/aromatic N) is 4. The van der Waals surface area contributed by atoms with Crippen LogP contribution in [-0.4, -0.2) is 62.7 Å². The lowest BCUT2D eigenvalue weighted by atomic mass is 10.0. The summed E-state index contributed by atoms with van der Waals surface area (Å²) in [5.41, 5.74) is 3.87. The smallest absolute Gasteiger partial charge is 0.254 e. The Labute approximate surface area is 221 Å². The van der Waals surface area contributed by atoms with E-state index in [1.807, 2.05) is 12.1 Å². The normalized spacial score (nSPS) is 24.1. The van der Waals surface area contributed by atoms with Crippen molar-refractivity contribution in [2.24, 2.45) is 0 Å². The van der Waals surface area contributed by atoms with Crippen molar-refractivity contribution in [1.82, 2.24) is 24.8 Å². The number of morpholine rings is 1. The minimum absolute atomic E-state index is 0.0625. The summed E-state index contributed by atoms with van der Waals surface area (Å²) in [6.07, 6.45) is 6.10. The third-order valence-corrected chi connectivity index (χ3v) is 7.29. The number of hydrogen-bond donors (Lipinski definition) is 3. The molecule has 3 aromatic rings. The lowest BCUT2D eigenvalue weighted by Crippen LogP contribution is -2.46. The molecule has 3 N–H and O–H groups in total. The summed E-state index contributed by atoms with van der Waals surface area (Å²) in [5, 5.41) is 13.9. The first-order chi connectivity index (χ1) is 18.3. The third kappa shape index (κ3) is 5.14.